The lowest BCUT2D eigenvalue weighted by Crippen LogP contribution is -1.87. The van der Waals surface area contributed by atoms with Gasteiger partial charge in [0.1, 0.15) is 5.02 Å². The lowest BCUT2D eigenvalue weighted by molar-refractivity contribution is 0.351. The normalized spacial score (nSPS) is 10.8. The molecule has 14 heavy (non-hydrogen) atoms. The van der Waals surface area contributed by atoms with Crippen LogP contribution in [0, 0.1) is 3.57 Å². The highest BCUT2D eigenvalue weighted by Crippen LogP contribution is 2.41. The molecule has 1 aromatic carbocycles. The number of thiophene rings is 1. The predicted molar refractivity (Wildman–Crippen MR) is 70.7 cm³/mol. The monoisotopic (exact) mass is 338 g/mol. The number of fused-ring (bicyclic) bond motifs is 1. The third-order valence-electron chi connectivity index (χ3n) is 1.84. The van der Waals surface area contributed by atoms with Gasteiger partial charge in [0.25, 0.3) is 0 Å². The summed E-state index contributed by atoms with van der Waals surface area (Å²) in [5.41, 5.74) is 0. The van der Waals surface area contributed by atoms with Crippen LogP contribution in [0.4, 0.5) is 0 Å². The molecular formula is C10H8ClIOS. The summed E-state index contributed by atoms with van der Waals surface area (Å²) >= 11 is 10.1. The van der Waals surface area contributed by atoms with Gasteiger partial charge in [-0.25, -0.2) is 0 Å². The van der Waals surface area contributed by atoms with Gasteiger partial charge in [0, 0.05) is 13.7 Å². The lowest BCUT2D eigenvalue weighted by Gasteiger charge is -1.97. The SMILES string of the molecule is CCOc1sc2cc(I)ccc2c1Cl. The first-order valence-corrected chi connectivity index (χ1v) is 6.50. The Morgan fingerprint density at radius 1 is 1.50 bits per heavy atom. The number of benzene rings is 1. The maximum Gasteiger partial charge on any atom is 0.193 e. The summed E-state index contributed by atoms with van der Waals surface area (Å²) in [5, 5.41) is 2.65. The molecule has 0 radical (unpaired) electrons. The third kappa shape index (κ3) is 1.85. The fourth-order valence-electron chi connectivity index (χ4n) is 1.24. The number of hydrogen-bond donors (Lipinski definition) is 0. The van der Waals surface area contributed by atoms with Gasteiger partial charge in [0.2, 0.25) is 0 Å². The zero-order chi connectivity index (χ0) is 10.1. The molecule has 2 rings (SSSR count). The van der Waals surface area contributed by atoms with Crippen LogP contribution in [0.2, 0.25) is 5.02 Å². The van der Waals surface area contributed by atoms with Crippen LogP contribution in [0.3, 0.4) is 0 Å². The van der Waals surface area contributed by atoms with Crippen molar-refractivity contribution in [1.82, 2.24) is 0 Å². The van der Waals surface area contributed by atoms with Crippen LogP contribution in [0.15, 0.2) is 18.2 Å². The first-order valence-electron chi connectivity index (χ1n) is 4.22. The van der Waals surface area contributed by atoms with E-state index in [4.69, 9.17) is 16.3 Å². The van der Waals surface area contributed by atoms with E-state index >= 15 is 0 Å². The maximum atomic E-state index is 6.17. The molecule has 0 fully saturated rings. The molecule has 0 unspecified atom stereocenters. The van der Waals surface area contributed by atoms with Crippen molar-refractivity contribution >= 4 is 55.6 Å². The van der Waals surface area contributed by atoms with Crippen molar-refractivity contribution in [3.05, 3.63) is 26.8 Å². The Kier molecular flexibility index (Phi) is 3.19. The fraction of sp³-hybridized carbons (Fsp3) is 0.200. The van der Waals surface area contributed by atoms with Crippen molar-refractivity contribution in [2.24, 2.45) is 0 Å². The topological polar surface area (TPSA) is 9.23 Å². The molecule has 0 aliphatic rings. The van der Waals surface area contributed by atoms with Crippen LogP contribution in [0.5, 0.6) is 5.06 Å². The highest BCUT2D eigenvalue weighted by atomic mass is 127. The summed E-state index contributed by atoms with van der Waals surface area (Å²) in [7, 11) is 0. The largest absolute Gasteiger partial charge is 0.483 e. The Balaban J connectivity index is 2.61. The first kappa shape index (κ1) is 10.5. The van der Waals surface area contributed by atoms with Crippen molar-refractivity contribution in [2.45, 2.75) is 6.92 Å². The highest BCUT2D eigenvalue weighted by molar-refractivity contribution is 14.1. The lowest BCUT2D eigenvalue weighted by atomic mass is 10.3. The van der Waals surface area contributed by atoms with E-state index in [-0.39, 0.29) is 0 Å². The molecule has 0 bridgehead atoms. The van der Waals surface area contributed by atoms with Gasteiger partial charge in [-0.05, 0) is 41.6 Å². The standard InChI is InChI=1S/C10H8ClIOS/c1-2-13-10-9(11)7-4-3-6(12)5-8(7)14-10/h3-5H,2H2,1H3. The van der Waals surface area contributed by atoms with E-state index in [9.17, 15) is 0 Å². The summed E-state index contributed by atoms with van der Waals surface area (Å²) in [5.74, 6) is 0. The highest BCUT2D eigenvalue weighted by Gasteiger charge is 2.10. The molecule has 0 spiro atoms. The Labute approximate surface area is 105 Å². The van der Waals surface area contributed by atoms with Gasteiger partial charge < -0.3 is 4.74 Å². The average molecular weight is 339 g/mol. The van der Waals surface area contributed by atoms with E-state index < -0.39 is 0 Å². The van der Waals surface area contributed by atoms with Crippen molar-refractivity contribution < 1.29 is 4.74 Å². The predicted octanol–water partition coefficient (Wildman–Crippen LogP) is 4.56. The molecule has 74 valence electrons. The van der Waals surface area contributed by atoms with Crippen molar-refractivity contribution in [1.29, 1.82) is 0 Å². The van der Waals surface area contributed by atoms with E-state index in [0.717, 1.165) is 15.5 Å². The van der Waals surface area contributed by atoms with Gasteiger partial charge in [-0.3, -0.25) is 0 Å². The van der Waals surface area contributed by atoms with Crippen LogP contribution >= 0.6 is 45.5 Å². The summed E-state index contributed by atoms with van der Waals surface area (Å²) < 4.78 is 7.85. The Hall–Kier alpha value is -0.0000000000000000555. The molecule has 1 aromatic heterocycles. The fourth-order valence-corrected chi connectivity index (χ4v) is 3.38. The summed E-state index contributed by atoms with van der Waals surface area (Å²) in [4.78, 5) is 0. The molecule has 0 saturated heterocycles. The molecular weight excluding hydrogens is 331 g/mol. The average Bonchev–Trinajstić information content (AvgIpc) is 2.44. The Bertz CT molecular complexity index is 466. The van der Waals surface area contributed by atoms with E-state index in [1.807, 2.05) is 13.0 Å². The van der Waals surface area contributed by atoms with Crippen LogP contribution in [0.25, 0.3) is 10.1 Å². The van der Waals surface area contributed by atoms with E-state index in [2.05, 4.69) is 34.7 Å². The van der Waals surface area contributed by atoms with Gasteiger partial charge in [-0.1, -0.05) is 29.0 Å². The minimum Gasteiger partial charge on any atom is -0.483 e. The van der Waals surface area contributed by atoms with Crippen molar-refractivity contribution in [3.63, 3.8) is 0 Å². The van der Waals surface area contributed by atoms with Gasteiger partial charge in [-0.15, -0.1) is 0 Å². The maximum absolute atomic E-state index is 6.17. The van der Waals surface area contributed by atoms with Crippen LogP contribution in [0.1, 0.15) is 6.92 Å². The number of ether oxygens (including phenoxy) is 1. The molecule has 1 nitrogen and oxygen atoms in total. The molecule has 1 heterocycles. The molecule has 2 aromatic rings. The first-order chi connectivity index (χ1) is 6.72. The second-order valence-corrected chi connectivity index (χ2v) is 5.42. The van der Waals surface area contributed by atoms with Crippen LogP contribution in [-0.4, -0.2) is 6.61 Å². The smallest absolute Gasteiger partial charge is 0.193 e. The molecule has 0 aliphatic heterocycles. The zero-order valence-electron chi connectivity index (χ0n) is 7.51. The molecule has 0 N–H and O–H groups in total. The Morgan fingerprint density at radius 2 is 2.29 bits per heavy atom. The summed E-state index contributed by atoms with van der Waals surface area (Å²) in [6.07, 6.45) is 0. The second kappa shape index (κ2) is 4.24. The second-order valence-electron chi connectivity index (χ2n) is 2.78. The van der Waals surface area contributed by atoms with E-state index in [0.29, 0.717) is 6.61 Å². The van der Waals surface area contributed by atoms with Crippen LogP contribution < -0.4 is 4.74 Å². The summed E-state index contributed by atoms with van der Waals surface area (Å²) in [6.45, 7) is 2.62. The van der Waals surface area contributed by atoms with Crippen molar-refractivity contribution in [2.75, 3.05) is 6.61 Å². The Morgan fingerprint density at radius 3 is 3.00 bits per heavy atom. The van der Waals surface area contributed by atoms with Gasteiger partial charge >= 0.3 is 0 Å². The van der Waals surface area contributed by atoms with E-state index in [1.54, 1.807) is 11.3 Å². The molecule has 0 aliphatic carbocycles. The minimum atomic E-state index is 0.656. The minimum absolute atomic E-state index is 0.656. The number of hydrogen-bond acceptors (Lipinski definition) is 2. The zero-order valence-corrected chi connectivity index (χ0v) is 11.2. The van der Waals surface area contributed by atoms with Gasteiger partial charge in [0.05, 0.1) is 6.61 Å². The van der Waals surface area contributed by atoms with E-state index in [1.165, 1.54) is 8.27 Å². The van der Waals surface area contributed by atoms with Gasteiger partial charge in [0.15, 0.2) is 5.06 Å². The molecule has 0 atom stereocenters. The van der Waals surface area contributed by atoms with Gasteiger partial charge in [-0.2, -0.15) is 0 Å². The molecule has 0 saturated carbocycles. The molecule has 4 heteroatoms. The van der Waals surface area contributed by atoms with Crippen molar-refractivity contribution in [3.8, 4) is 5.06 Å². The summed E-state index contributed by atoms with van der Waals surface area (Å²) in [6, 6.07) is 6.21. The number of halogens is 2. The molecule has 0 amide bonds. The third-order valence-corrected chi connectivity index (χ3v) is 4.06. The number of rotatable bonds is 2. The quantitative estimate of drug-likeness (QED) is 0.730. The van der Waals surface area contributed by atoms with Crippen LogP contribution in [-0.2, 0) is 0 Å².